The zero-order valence-electron chi connectivity index (χ0n) is 10.2. The van der Waals surface area contributed by atoms with Crippen molar-refractivity contribution in [1.82, 2.24) is 0 Å². The molecule has 1 heterocycles. The van der Waals surface area contributed by atoms with Crippen molar-refractivity contribution in [1.29, 1.82) is 0 Å². The zero-order valence-corrected chi connectivity index (χ0v) is 11.8. The first-order valence-corrected chi connectivity index (χ1v) is 7.39. The number of aliphatic hydroxyl groups is 1. The molecule has 0 aliphatic heterocycles. The first-order valence-electron chi connectivity index (χ1n) is 6.13. The average molecular weight is 289 g/mol. The van der Waals surface area contributed by atoms with Gasteiger partial charge in [-0.05, 0) is 34.0 Å². The molecule has 3 heteroatoms. The number of rotatable bonds is 3. The van der Waals surface area contributed by atoms with Crippen LogP contribution in [0, 0.1) is 0 Å². The van der Waals surface area contributed by atoms with Gasteiger partial charge in [0.05, 0.1) is 6.10 Å². The minimum Gasteiger partial charge on any atom is -0.388 e. The van der Waals surface area contributed by atoms with E-state index in [-0.39, 0.29) is 0 Å². The van der Waals surface area contributed by atoms with E-state index in [1.165, 1.54) is 5.39 Å². The lowest BCUT2D eigenvalue weighted by atomic mass is 10.0. The molecule has 96 valence electrons. The van der Waals surface area contributed by atoms with Crippen molar-refractivity contribution in [3.8, 4) is 0 Å². The Morgan fingerprint density at radius 1 is 1.05 bits per heavy atom. The van der Waals surface area contributed by atoms with Crippen molar-refractivity contribution in [2.24, 2.45) is 0 Å². The van der Waals surface area contributed by atoms with Gasteiger partial charge < -0.3 is 5.11 Å². The van der Waals surface area contributed by atoms with Gasteiger partial charge >= 0.3 is 0 Å². The van der Waals surface area contributed by atoms with Gasteiger partial charge in [-0.15, -0.1) is 11.3 Å². The average Bonchev–Trinajstić information content (AvgIpc) is 2.89. The second-order valence-corrected chi connectivity index (χ2v) is 5.82. The van der Waals surface area contributed by atoms with E-state index in [2.05, 4.69) is 17.5 Å². The largest absolute Gasteiger partial charge is 0.388 e. The monoisotopic (exact) mass is 288 g/mol. The molecule has 1 unspecified atom stereocenters. The summed E-state index contributed by atoms with van der Waals surface area (Å²) in [6, 6.07) is 15.8. The van der Waals surface area contributed by atoms with Gasteiger partial charge in [-0.2, -0.15) is 0 Å². The predicted molar refractivity (Wildman–Crippen MR) is 81.9 cm³/mol. The molecule has 1 aromatic heterocycles. The summed E-state index contributed by atoms with van der Waals surface area (Å²) in [7, 11) is 0. The molecule has 1 nitrogen and oxygen atoms in total. The smallest absolute Gasteiger partial charge is 0.0844 e. The van der Waals surface area contributed by atoms with Gasteiger partial charge in [-0.25, -0.2) is 0 Å². The van der Waals surface area contributed by atoms with Crippen LogP contribution in [-0.2, 0) is 6.42 Å². The number of thiophene rings is 1. The van der Waals surface area contributed by atoms with Crippen molar-refractivity contribution >= 4 is 33.0 Å². The highest BCUT2D eigenvalue weighted by Crippen LogP contribution is 2.31. The molecule has 0 aliphatic rings. The number of fused-ring (bicyclic) bond motifs is 1. The lowest BCUT2D eigenvalue weighted by molar-refractivity contribution is 0.180. The zero-order chi connectivity index (χ0) is 13.2. The quantitative estimate of drug-likeness (QED) is 0.732. The summed E-state index contributed by atoms with van der Waals surface area (Å²) in [5.74, 6) is 0. The molecule has 0 fully saturated rings. The van der Waals surface area contributed by atoms with Crippen LogP contribution >= 0.6 is 22.9 Å². The highest BCUT2D eigenvalue weighted by Gasteiger charge is 2.14. The molecule has 1 atom stereocenters. The van der Waals surface area contributed by atoms with E-state index in [0.29, 0.717) is 11.4 Å². The van der Waals surface area contributed by atoms with Gasteiger partial charge in [0.25, 0.3) is 0 Å². The molecule has 0 radical (unpaired) electrons. The highest BCUT2D eigenvalue weighted by molar-refractivity contribution is 7.17. The van der Waals surface area contributed by atoms with E-state index >= 15 is 0 Å². The summed E-state index contributed by atoms with van der Waals surface area (Å²) in [6.07, 6.45) is 0.0127. The maximum Gasteiger partial charge on any atom is 0.0844 e. The minimum atomic E-state index is -0.526. The molecular formula is C16H13ClOS. The Labute approximate surface area is 121 Å². The van der Waals surface area contributed by atoms with Crippen LogP contribution in [0.25, 0.3) is 10.1 Å². The van der Waals surface area contributed by atoms with Crippen molar-refractivity contribution < 1.29 is 5.11 Å². The van der Waals surface area contributed by atoms with Crippen LogP contribution in [0.2, 0.25) is 5.02 Å². The maximum absolute atomic E-state index is 10.5. The third-order valence-corrected chi connectivity index (χ3v) is 4.59. The molecule has 2 aromatic carbocycles. The van der Waals surface area contributed by atoms with Crippen LogP contribution in [0.5, 0.6) is 0 Å². The van der Waals surface area contributed by atoms with Gasteiger partial charge in [0.2, 0.25) is 0 Å². The molecular weight excluding hydrogens is 276 g/mol. The van der Waals surface area contributed by atoms with E-state index in [1.54, 1.807) is 11.3 Å². The standard InChI is InChI=1S/C16H13ClOS/c17-14-7-2-1-4-12(14)10-15(18)13-6-3-5-11-8-9-19-16(11)13/h1-9,15,18H,10H2. The van der Waals surface area contributed by atoms with Gasteiger partial charge in [0.15, 0.2) is 0 Å². The van der Waals surface area contributed by atoms with Crippen molar-refractivity contribution in [3.05, 3.63) is 70.1 Å². The third-order valence-electron chi connectivity index (χ3n) is 3.24. The summed E-state index contributed by atoms with van der Waals surface area (Å²) in [6.45, 7) is 0. The topological polar surface area (TPSA) is 20.2 Å². The molecule has 0 saturated carbocycles. The number of hydrogen-bond donors (Lipinski definition) is 1. The second-order valence-electron chi connectivity index (χ2n) is 4.50. The number of aliphatic hydroxyl groups excluding tert-OH is 1. The van der Waals surface area contributed by atoms with E-state index in [9.17, 15) is 5.11 Å². The fourth-order valence-electron chi connectivity index (χ4n) is 2.26. The van der Waals surface area contributed by atoms with Crippen LogP contribution in [0.4, 0.5) is 0 Å². The first-order chi connectivity index (χ1) is 9.25. The van der Waals surface area contributed by atoms with Crippen LogP contribution < -0.4 is 0 Å². The SMILES string of the molecule is OC(Cc1ccccc1Cl)c1cccc2ccsc12. The molecule has 0 saturated heterocycles. The Bertz CT molecular complexity index is 705. The van der Waals surface area contributed by atoms with E-state index < -0.39 is 6.10 Å². The van der Waals surface area contributed by atoms with Crippen molar-refractivity contribution in [2.45, 2.75) is 12.5 Å². The van der Waals surface area contributed by atoms with Crippen molar-refractivity contribution in [3.63, 3.8) is 0 Å². The number of halogens is 1. The first kappa shape index (κ1) is 12.7. The second kappa shape index (κ2) is 5.33. The molecule has 0 spiro atoms. The van der Waals surface area contributed by atoms with Gasteiger partial charge in [-0.3, -0.25) is 0 Å². The van der Waals surface area contributed by atoms with E-state index in [4.69, 9.17) is 11.6 Å². The molecule has 1 N–H and O–H groups in total. The molecule has 3 rings (SSSR count). The van der Waals surface area contributed by atoms with Crippen LogP contribution in [-0.4, -0.2) is 5.11 Å². The van der Waals surface area contributed by atoms with Crippen molar-refractivity contribution in [2.75, 3.05) is 0 Å². The van der Waals surface area contributed by atoms with Crippen LogP contribution in [0.3, 0.4) is 0 Å². The minimum absolute atomic E-state index is 0.526. The normalized spacial score (nSPS) is 12.7. The maximum atomic E-state index is 10.5. The third kappa shape index (κ3) is 2.52. The molecule has 0 bridgehead atoms. The van der Waals surface area contributed by atoms with Gasteiger partial charge in [0.1, 0.15) is 0 Å². The fourth-order valence-corrected chi connectivity index (χ4v) is 3.44. The molecule has 19 heavy (non-hydrogen) atoms. The summed E-state index contributed by atoms with van der Waals surface area (Å²) in [4.78, 5) is 0. The summed E-state index contributed by atoms with van der Waals surface area (Å²) in [5.41, 5.74) is 1.96. The van der Waals surface area contributed by atoms with Crippen LogP contribution in [0.15, 0.2) is 53.9 Å². The van der Waals surface area contributed by atoms with Crippen LogP contribution in [0.1, 0.15) is 17.2 Å². The summed E-state index contributed by atoms with van der Waals surface area (Å²) < 4.78 is 1.15. The van der Waals surface area contributed by atoms with Gasteiger partial charge in [0, 0.05) is 16.1 Å². The molecule has 0 amide bonds. The highest BCUT2D eigenvalue weighted by atomic mass is 35.5. The predicted octanol–water partition coefficient (Wildman–Crippen LogP) is 4.83. The summed E-state index contributed by atoms with van der Waals surface area (Å²) in [5, 5.41) is 14.4. The Balaban J connectivity index is 1.94. The lowest BCUT2D eigenvalue weighted by Crippen LogP contribution is -2.02. The number of benzene rings is 2. The Morgan fingerprint density at radius 3 is 2.74 bits per heavy atom. The Kier molecular flexibility index (Phi) is 3.56. The number of hydrogen-bond acceptors (Lipinski definition) is 2. The van der Waals surface area contributed by atoms with Gasteiger partial charge in [-0.1, -0.05) is 48.0 Å². The molecule has 3 aromatic rings. The van der Waals surface area contributed by atoms with E-state index in [1.807, 2.05) is 36.4 Å². The Hall–Kier alpha value is -1.35. The fraction of sp³-hybridized carbons (Fsp3) is 0.125. The Morgan fingerprint density at radius 2 is 1.89 bits per heavy atom. The molecule has 0 aliphatic carbocycles. The summed E-state index contributed by atoms with van der Waals surface area (Å²) >= 11 is 7.81. The van der Waals surface area contributed by atoms with E-state index in [0.717, 1.165) is 15.8 Å². The lowest BCUT2D eigenvalue weighted by Gasteiger charge is -2.13.